The minimum atomic E-state index is 0.733. The van der Waals surface area contributed by atoms with E-state index in [-0.39, 0.29) is 0 Å². The molecule has 1 fully saturated rings. The third-order valence-electron chi connectivity index (χ3n) is 3.59. The molecule has 2 aliphatic heterocycles. The van der Waals surface area contributed by atoms with Crippen LogP contribution in [0.3, 0.4) is 0 Å². The van der Waals surface area contributed by atoms with E-state index in [0.717, 1.165) is 24.3 Å². The first-order chi connectivity index (χ1) is 8.28. The number of rotatable bonds is 4. The Kier molecular flexibility index (Phi) is 5.16. The minimum Gasteiger partial charge on any atom is -0.365 e. The van der Waals surface area contributed by atoms with Gasteiger partial charge in [0.05, 0.1) is 6.54 Å². The molecular weight excluding hydrogens is 230 g/mol. The molecule has 2 heterocycles. The molecular formula is C13H25N3S. The zero-order chi connectivity index (χ0) is 12.1. The summed E-state index contributed by atoms with van der Waals surface area (Å²) in [6.07, 6.45) is 5.29. The van der Waals surface area contributed by atoms with Gasteiger partial charge in [0, 0.05) is 18.3 Å². The Hall–Kier alpha value is -0.220. The second kappa shape index (κ2) is 6.64. The Labute approximate surface area is 109 Å². The van der Waals surface area contributed by atoms with Gasteiger partial charge in [0.2, 0.25) is 0 Å². The Morgan fingerprint density at radius 3 is 3.18 bits per heavy atom. The SMILES string of the molecule is CCCC1CN=C(NCC2CCCN(C)C2)S1. The van der Waals surface area contributed by atoms with E-state index in [9.17, 15) is 0 Å². The minimum absolute atomic E-state index is 0.733. The third kappa shape index (κ3) is 4.18. The van der Waals surface area contributed by atoms with E-state index >= 15 is 0 Å². The lowest BCUT2D eigenvalue weighted by Crippen LogP contribution is -2.38. The van der Waals surface area contributed by atoms with Gasteiger partial charge in [-0.2, -0.15) is 0 Å². The van der Waals surface area contributed by atoms with Crippen LogP contribution < -0.4 is 5.32 Å². The highest BCUT2D eigenvalue weighted by molar-refractivity contribution is 8.14. The number of nitrogens with one attached hydrogen (secondary N) is 1. The number of aliphatic imine (C=N–C) groups is 1. The molecule has 2 rings (SSSR count). The average molecular weight is 255 g/mol. The maximum atomic E-state index is 4.59. The van der Waals surface area contributed by atoms with E-state index in [2.05, 4.69) is 29.2 Å². The van der Waals surface area contributed by atoms with Gasteiger partial charge < -0.3 is 10.2 Å². The summed E-state index contributed by atoms with van der Waals surface area (Å²) in [6, 6.07) is 0. The number of likely N-dealkylation sites (tertiary alicyclic amines) is 1. The van der Waals surface area contributed by atoms with Crippen LogP contribution in [0.4, 0.5) is 0 Å². The van der Waals surface area contributed by atoms with Crippen molar-refractivity contribution in [1.82, 2.24) is 10.2 Å². The van der Waals surface area contributed by atoms with Gasteiger partial charge in [-0.3, -0.25) is 4.99 Å². The first kappa shape index (κ1) is 13.2. The zero-order valence-electron chi connectivity index (χ0n) is 11.1. The molecule has 0 aromatic carbocycles. The van der Waals surface area contributed by atoms with Gasteiger partial charge in [-0.15, -0.1) is 0 Å². The largest absolute Gasteiger partial charge is 0.365 e. The fraction of sp³-hybridized carbons (Fsp3) is 0.923. The number of amidine groups is 1. The van der Waals surface area contributed by atoms with Crippen LogP contribution in [0.2, 0.25) is 0 Å². The molecule has 0 aromatic rings. The van der Waals surface area contributed by atoms with Crippen molar-refractivity contribution in [2.24, 2.45) is 10.9 Å². The molecule has 2 aliphatic rings. The van der Waals surface area contributed by atoms with E-state index in [1.807, 2.05) is 11.8 Å². The Morgan fingerprint density at radius 1 is 1.53 bits per heavy atom. The molecule has 2 unspecified atom stereocenters. The molecule has 17 heavy (non-hydrogen) atoms. The van der Waals surface area contributed by atoms with Crippen molar-refractivity contribution in [2.45, 2.75) is 37.9 Å². The molecule has 0 aromatic heterocycles. The van der Waals surface area contributed by atoms with Crippen molar-refractivity contribution in [3.05, 3.63) is 0 Å². The molecule has 0 radical (unpaired) electrons. The van der Waals surface area contributed by atoms with E-state index in [4.69, 9.17) is 0 Å². The summed E-state index contributed by atoms with van der Waals surface area (Å²) in [6.45, 7) is 6.89. The summed E-state index contributed by atoms with van der Waals surface area (Å²) in [5, 5.41) is 5.47. The standard InChI is InChI=1S/C13H25N3S/c1-3-5-12-9-15-13(17-12)14-8-11-6-4-7-16(2)10-11/h11-12H,3-10H2,1-2H3,(H,14,15). The van der Waals surface area contributed by atoms with Crippen LogP contribution in [0.15, 0.2) is 4.99 Å². The summed E-state index contributed by atoms with van der Waals surface area (Å²) in [5.74, 6) is 0.808. The highest BCUT2D eigenvalue weighted by Crippen LogP contribution is 2.24. The van der Waals surface area contributed by atoms with E-state index < -0.39 is 0 Å². The second-order valence-corrected chi connectivity index (χ2v) is 6.61. The predicted octanol–water partition coefficient (Wildman–Crippen LogP) is 2.19. The van der Waals surface area contributed by atoms with Gasteiger partial charge in [-0.1, -0.05) is 25.1 Å². The lowest BCUT2D eigenvalue weighted by atomic mass is 9.99. The van der Waals surface area contributed by atoms with Crippen LogP contribution in [0.5, 0.6) is 0 Å². The Bertz CT molecular complexity index is 267. The van der Waals surface area contributed by atoms with Gasteiger partial charge in [-0.05, 0) is 38.8 Å². The molecule has 0 saturated carbocycles. The Balaban J connectivity index is 1.65. The molecule has 4 heteroatoms. The number of hydrogen-bond donors (Lipinski definition) is 1. The monoisotopic (exact) mass is 255 g/mol. The maximum absolute atomic E-state index is 4.59. The first-order valence-electron chi connectivity index (χ1n) is 6.91. The highest BCUT2D eigenvalue weighted by atomic mass is 32.2. The second-order valence-electron chi connectivity index (χ2n) is 5.33. The first-order valence-corrected chi connectivity index (χ1v) is 7.79. The molecule has 0 aliphatic carbocycles. The maximum Gasteiger partial charge on any atom is 0.156 e. The van der Waals surface area contributed by atoms with Gasteiger partial charge in [0.25, 0.3) is 0 Å². The lowest BCUT2D eigenvalue weighted by molar-refractivity contribution is 0.211. The van der Waals surface area contributed by atoms with Crippen molar-refractivity contribution in [3.63, 3.8) is 0 Å². The van der Waals surface area contributed by atoms with Crippen LogP contribution >= 0.6 is 11.8 Å². The zero-order valence-corrected chi connectivity index (χ0v) is 11.9. The van der Waals surface area contributed by atoms with Crippen LogP contribution in [-0.2, 0) is 0 Å². The third-order valence-corrected chi connectivity index (χ3v) is 4.81. The predicted molar refractivity (Wildman–Crippen MR) is 76.8 cm³/mol. The van der Waals surface area contributed by atoms with Crippen LogP contribution in [0.25, 0.3) is 0 Å². The van der Waals surface area contributed by atoms with Gasteiger partial charge >= 0.3 is 0 Å². The van der Waals surface area contributed by atoms with Crippen molar-refractivity contribution >= 4 is 16.9 Å². The molecule has 2 atom stereocenters. The Morgan fingerprint density at radius 2 is 2.41 bits per heavy atom. The molecule has 1 N–H and O–H groups in total. The molecule has 98 valence electrons. The van der Waals surface area contributed by atoms with Gasteiger partial charge in [0.1, 0.15) is 0 Å². The fourth-order valence-electron chi connectivity index (χ4n) is 2.66. The van der Waals surface area contributed by atoms with Gasteiger partial charge in [-0.25, -0.2) is 0 Å². The summed E-state index contributed by atoms with van der Waals surface area (Å²) < 4.78 is 0. The molecule has 0 bridgehead atoms. The van der Waals surface area contributed by atoms with Crippen LogP contribution in [-0.4, -0.2) is 48.5 Å². The normalized spacial score (nSPS) is 30.4. The topological polar surface area (TPSA) is 27.6 Å². The van der Waals surface area contributed by atoms with Gasteiger partial charge in [0.15, 0.2) is 5.17 Å². The number of nitrogens with zero attached hydrogens (tertiary/aromatic N) is 2. The number of piperidine rings is 1. The van der Waals surface area contributed by atoms with Crippen molar-refractivity contribution in [1.29, 1.82) is 0 Å². The van der Waals surface area contributed by atoms with Crippen LogP contribution in [0, 0.1) is 5.92 Å². The molecule has 0 amide bonds. The summed E-state index contributed by atoms with van der Waals surface area (Å²) in [7, 11) is 2.23. The molecule has 3 nitrogen and oxygen atoms in total. The smallest absolute Gasteiger partial charge is 0.156 e. The van der Waals surface area contributed by atoms with E-state index in [1.165, 1.54) is 43.9 Å². The highest BCUT2D eigenvalue weighted by Gasteiger charge is 2.21. The average Bonchev–Trinajstić information content (AvgIpc) is 2.75. The van der Waals surface area contributed by atoms with Crippen molar-refractivity contribution in [2.75, 3.05) is 33.2 Å². The molecule has 0 spiro atoms. The number of thioether (sulfide) groups is 1. The fourth-order valence-corrected chi connectivity index (χ4v) is 3.79. The van der Waals surface area contributed by atoms with Crippen molar-refractivity contribution in [3.8, 4) is 0 Å². The van der Waals surface area contributed by atoms with Crippen LogP contribution in [0.1, 0.15) is 32.6 Å². The summed E-state index contributed by atoms with van der Waals surface area (Å²) in [5.41, 5.74) is 0. The quantitative estimate of drug-likeness (QED) is 0.834. The van der Waals surface area contributed by atoms with E-state index in [1.54, 1.807) is 0 Å². The van der Waals surface area contributed by atoms with Crippen molar-refractivity contribution < 1.29 is 0 Å². The summed E-state index contributed by atoms with van der Waals surface area (Å²) >= 11 is 1.95. The molecule has 1 saturated heterocycles. The summed E-state index contributed by atoms with van der Waals surface area (Å²) in [4.78, 5) is 7.04. The van der Waals surface area contributed by atoms with E-state index in [0.29, 0.717) is 0 Å². The number of hydrogen-bond acceptors (Lipinski definition) is 4. The lowest BCUT2D eigenvalue weighted by Gasteiger charge is -2.29.